The Morgan fingerprint density at radius 3 is 2.16 bits per heavy atom. The zero-order chi connectivity index (χ0) is 22.7. The lowest BCUT2D eigenvalue weighted by atomic mass is 10.0. The van der Waals surface area contributed by atoms with Crippen molar-refractivity contribution < 1.29 is 19.1 Å². The largest absolute Gasteiger partial charge is 0.497 e. The number of nitrogens with zero attached hydrogens (tertiary/aromatic N) is 2. The molecule has 0 aromatic heterocycles. The third-order valence-corrected chi connectivity index (χ3v) is 5.07. The maximum absolute atomic E-state index is 13.5. The summed E-state index contributed by atoms with van der Waals surface area (Å²) in [6.07, 6.45) is 0. The maximum atomic E-state index is 13.5. The summed E-state index contributed by atoms with van der Waals surface area (Å²) < 4.78 is 10.6. The number of hydrogen-bond donors (Lipinski definition) is 1. The standard InChI is InChI=1S/C25H19N3O4/c1-31-19-13-9-17(10-14-19)27-23-22(20-5-3-4-6-21(20)32-2)24(29)28(25(23)30)18-11-7-16(15-26)8-12-18/h3-14,27H,1-2H3. The molecule has 1 aliphatic rings. The van der Waals surface area contributed by atoms with Gasteiger partial charge in [0.05, 0.1) is 37.1 Å². The predicted octanol–water partition coefficient (Wildman–Crippen LogP) is 3.97. The Hall–Kier alpha value is -4.57. The maximum Gasteiger partial charge on any atom is 0.282 e. The Labute approximate surface area is 185 Å². The van der Waals surface area contributed by atoms with Crippen molar-refractivity contribution in [2.75, 3.05) is 24.4 Å². The molecule has 1 N–H and O–H groups in total. The summed E-state index contributed by atoms with van der Waals surface area (Å²) in [6, 6.07) is 22.4. The van der Waals surface area contributed by atoms with Crippen LogP contribution in [0.5, 0.6) is 11.5 Å². The first-order valence-electron chi connectivity index (χ1n) is 9.75. The number of methoxy groups -OCH3 is 2. The van der Waals surface area contributed by atoms with E-state index in [1.165, 1.54) is 7.11 Å². The molecule has 3 aromatic rings. The average Bonchev–Trinajstić information content (AvgIpc) is 3.08. The number of amides is 2. The predicted molar refractivity (Wildman–Crippen MR) is 120 cm³/mol. The number of hydrogen-bond acceptors (Lipinski definition) is 6. The van der Waals surface area contributed by atoms with Crippen molar-refractivity contribution in [1.29, 1.82) is 5.26 Å². The van der Waals surface area contributed by atoms with E-state index in [-0.39, 0.29) is 11.3 Å². The summed E-state index contributed by atoms with van der Waals surface area (Å²) in [5, 5.41) is 12.1. The smallest absolute Gasteiger partial charge is 0.282 e. The normalized spacial score (nSPS) is 13.2. The van der Waals surface area contributed by atoms with Gasteiger partial charge in [-0.05, 0) is 54.6 Å². The van der Waals surface area contributed by atoms with Crippen molar-refractivity contribution >= 4 is 28.8 Å². The van der Waals surface area contributed by atoms with Crippen molar-refractivity contribution in [2.24, 2.45) is 0 Å². The van der Waals surface area contributed by atoms with E-state index >= 15 is 0 Å². The minimum atomic E-state index is -0.503. The Bertz CT molecular complexity index is 1260. The number of carbonyl (C=O) groups is 2. The number of rotatable bonds is 6. The van der Waals surface area contributed by atoms with E-state index in [2.05, 4.69) is 5.32 Å². The molecular formula is C25H19N3O4. The molecule has 2 amide bonds. The fourth-order valence-electron chi connectivity index (χ4n) is 3.48. The van der Waals surface area contributed by atoms with E-state index in [0.29, 0.717) is 34.0 Å². The van der Waals surface area contributed by atoms with E-state index < -0.39 is 11.8 Å². The van der Waals surface area contributed by atoms with Gasteiger partial charge in [-0.15, -0.1) is 0 Å². The van der Waals surface area contributed by atoms with Crippen LogP contribution < -0.4 is 19.7 Å². The van der Waals surface area contributed by atoms with Crippen molar-refractivity contribution in [3.05, 3.63) is 89.6 Å². The molecule has 1 heterocycles. The summed E-state index contributed by atoms with van der Waals surface area (Å²) in [4.78, 5) is 28.0. The minimum Gasteiger partial charge on any atom is -0.497 e. The summed E-state index contributed by atoms with van der Waals surface area (Å²) in [5.41, 5.74) is 2.26. The van der Waals surface area contributed by atoms with Gasteiger partial charge in [-0.1, -0.05) is 18.2 Å². The first kappa shape index (κ1) is 20.7. The Morgan fingerprint density at radius 2 is 1.53 bits per heavy atom. The van der Waals surface area contributed by atoms with Crippen molar-refractivity contribution in [2.45, 2.75) is 0 Å². The second-order valence-electron chi connectivity index (χ2n) is 6.91. The van der Waals surface area contributed by atoms with Crippen LogP contribution in [0.4, 0.5) is 11.4 Å². The summed E-state index contributed by atoms with van der Waals surface area (Å²) >= 11 is 0. The third kappa shape index (κ3) is 3.66. The fraction of sp³-hybridized carbons (Fsp3) is 0.0800. The van der Waals surface area contributed by atoms with Crippen LogP contribution in [-0.4, -0.2) is 26.0 Å². The van der Waals surface area contributed by atoms with E-state index in [1.54, 1.807) is 79.9 Å². The highest BCUT2D eigenvalue weighted by Crippen LogP contribution is 2.37. The highest BCUT2D eigenvalue weighted by atomic mass is 16.5. The molecule has 1 aliphatic heterocycles. The first-order valence-corrected chi connectivity index (χ1v) is 9.75. The minimum absolute atomic E-state index is 0.133. The van der Waals surface area contributed by atoms with Crippen LogP contribution >= 0.6 is 0 Å². The Kier molecular flexibility index (Phi) is 5.60. The molecule has 7 heteroatoms. The summed E-state index contributed by atoms with van der Waals surface area (Å²) in [5.74, 6) is 0.151. The quantitative estimate of drug-likeness (QED) is 0.601. The SMILES string of the molecule is COc1ccc(NC2=C(c3ccccc3OC)C(=O)N(c3ccc(C#N)cc3)C2=O)cc1. The lowest BCUT2D eigenvalue weighted by Crippen LogP contribution is -2.32. The molecule has 0 atom stereocenters. The van der Waals surface area contributed by atoms with E-state index in [1.807, 2.05) is 6.07 Å². The highest BCUT2D eigenvalue weighted by molar-refractivity contribution is 6.46. The van der Waals surface area contributed by atoms with E-state index in [0.717, 1.165) is 4.90 Å². The molecule has 0 spiro atoms. The van der Waals surface area contributed by atoms with Crippen LogP contribution in [0, 0.1) is 11.3 Å². The van der Waals surface area contributed by atoms with Crippen LogP contribution in [0.15, 0.2) is 78.5 Å². The zero-order valence-corrected chi connectivity index (χ0v) is 17.5. The van der Waals surface area contributed by atoms with Gasteiger partial charge in [-0.2, -0.15) is 5.26 Å². The van der Waals surface area contributed by atoms with Gasteiger partial charge in [-0.3, -0.25) is 9.59 Å². The second-order valence-corrected chi connectivity index (χ2v) is 6.91. The molecule has 0 saturated heterocycles. The number of nitrogens with one attached hydrogen (secondary N) is 1. The van der Waals surface area contributed by atoms with Gasteiger partial charge in [0.25, 0.3) is 11.8 Å². The van der Waals surface area contributed by atoms with Crippen molar-refractivity contribution in [1.82, 2.24) is 0 Å². The summed E-state index contributed by atoms with van der Waals surface area (Å²) in [6.45, 7) is 0. The average molecular weight is 425 g/mol. The molecule has 0 radical (unpaired) electrons. The lowest BCUT2D eigenvalue weighted by molar-refractivity contribution is -0.120. The van der Waals surface area contributed by atoms with Crippen LogP contribution in [0.2, 0.25) is 0 Å². The Balaban J connectivity index is 1.82. The van der Waals surface area contributed by atoms with Crippen LogP contribution in [0.25, 0.3) is 5.57 Å². The molecule has 0 aliphatic carbocycles. The van der Waals surface area contributed by atoms with Crippen molar-refractivity contribution in [3.63, 3.8) is 0 Å². The van der Waals surface area contributed by atoms with E-state index in [9.17, 15) is 9.59 Å². The van der Waals surface area contributed by atoms with Gasteiger partial charge in [0.15, 0.2) is 0 Å². The van der Waals surface area contributed by atoms with Gasteiger partial charge in [-0.25, -0.2) is 4.90 Å². The van der Waals surface area contributed by atoms with Gasteiger partial charge in [0.2, 0.25) is 0 Å². The molecule has 0 fully saturated rings. The molecule has 0 unspecified atom stereocenters. The number of nitriles is 1. The molecule has 158 valence electrons. The van der Waals surface area contributed by atoms with Crippen molar-refractivity contribution in [3.8, 4) is 17.6 Å². The van der Waals surface area contributed by atoms with Gasteiger partial charge in [0, 0.05) is 11.3 Å². The van der Waals surface area contributed by atoms with Crippen LogP contribution in [-0.2, 0) is 9.59 Å². The zero-order valence-electron chi connectivity index (χ0n) is 17.5. The molecule has 32 heavy (non-hydrogen) atoms. The van der Waals surface area contributed by atoms with Gasteiger partial charge >= 0.3 is 0 Å². The molecule has 7 nitrogen and oxygen atoms in total. The monoisotopic (exact) mass is 425 g/mol. The number of para-hydroxylation sites is 1. The first-order chi connectivity index (χ1) is 15.6. The van der Waals surface area contributed by atoms with Gasteiger partial charge < -0.3 is 14.8 Å². The number of anilines is 2. The summed E-state index contributed by atoms with van der Waals surface area (Å²) in [7, 11) is 3.08. The fourth-order valence-corrected chi connectivity index (χ4v) is 3.48. The third-order valence-electron chi connectivity index (χ3n) is 5.07. The van der Waals surface area contributed by atoms with Gasteiger partial charge in [0.1, 0.15) is 17.2 Å². The van der Waals surface area contributed by atoms with E-state index in [4.69, 9.17) is 14.7 Å². The number of benzene rings is 3. The topological polar surface area (TPSA) is 91.7 Å². The van der Waals surface area contributed by atoms with Crippen LogP contribution in [0.1, 0.15) is 11.1 Å². The molecular weight excluding hydrogens is 406 g/mol. The second kappa shape index (κ2) is 8.66. The molecule has 4 rings (SSSR count). The highest BCUT2D eigenvalue weighted by Gasteiger charge is 2.41. The number of ether oxygens (including phenoxy) is 2. The van der Waals surface area contributed by atoms with Crippen LogP contribution in [0.3, 0.4) is 0 Å². The Morgan fingerprint density at radius 1 is 0.844 bits per heavy atom. The number of carbonyl (C=O) groups excluding carboxylic acids is 2. The lowest BCUT2D eigenvalue weighted by Gasteiger charge is -2.15. The molecule has 0 saturated carbocycles. The molecule has 3 aromatic carbocycles. The number of imide groups is 1. The molecule has 0 bridgehead atoms.